The summed E-state index contributed by atoms with van der Waals surface area (Å²) in [5, 5.41) is 10.1. The van der Waals surface area contributed by atoms with Gasteiger partial charge in [-0.25, -0.2) is 0 Å². The van der Waals surface area contributed by atoms with Crippen LogP contribution in [0.3, 0.4) is 0 Å². The van der Waals surface area contributed by atoms with Crippen molar-refractivity contribution in [1.29, 1.82) is 0 Å². The Morgan fingerprint density at radius 2 is 2.05 bits per heavy atom. The minimum Gasteiger partial charge on any atom is -0.390 e. The van der Waals surface area contributed by atoms with Crippen molar-refractivity contribution in [3.8, 4) is 0 Å². The maximum atomic E-state index is 12.1. The number of allylic oxidation sites excluding steroid dienone is 2. The lowest BCUT2D eigenvalue weighted by Gasteiger charge is -2.30. The van der Waals surface area contributed by atoms with Gasteiger partial charge in [-0.15, -0.1) is 0 Å². The number of ether oxygens (including phenoxy) is 1. The van der Waals surface area contributed by atoms with Gasteiger partial charge in [0.25, 0.3) is 0 Å². The summed E-state index contributed by atoms with van der Waals surface area (Å²) in [5.41, 5.74) is 0. The molecule has 1 aliphatic carbocycles. The molecule has 0 bridgehead atoms. The minimum absolute atomic E-state index is 0.0839. The molecule has 0 radical (unpaired) electrons. The molecule has 1 fully saturated rings. The fraction of sp³-hybridized carbons (Fsp3) is 0.786. The smallest absolute Gasteiger partial charge is 0.226 e. The molecule has 1 heterocycles. The number of carbonyl (C=O) groups excluding carboxylic acids is 1. The van der Waals surface area contributed by atoms with Crippen molar-refractivity contribution in [2.45, 2.75) is 18.9 Å². The van der Waals surface area contributed by atoms with Crippen LogP contribution >= 0.6 is 0 Å². The summed E-state index contributed by atoms with van der Waals surface area (Å²) in [4.78, 5) is 16.0. The van der Waals surface area contributed by atoms with Crippen LogP contribution in [0, 0.1) is 5.92 Å². The Hall–Kier alpha value is -0.910. The Labute approximate surface area is 114 Å². The molecule has 0 saturated carbocycles. The Morgan fingerprint density at radius 3 is 2.68 bits per heavy atom. The van der Waals surface area contributed by atoms with Crippen LogP contribution in [0.15, 0.2) is 12.2 Å². The SMILES string of the molecule is CN(CC(O)CN1CCOCC1)C(=O)C1CC=CC1. The molecule has 0 spiro atoms. The van der Waals surface area contributed by atoms with Crippen LogP contribution in [0.5, 0.6) is 0 Å². The maximum Gasteiger partial charge on any atom is 0.226 e. The molecule has 1 saturated heterocycles. The second-order valence-corrected chi connectivity index (χ2v) is 5.43. The van der Waals surface area contributed by atoms with Crippen molar-refractivity contribution in [3.63, 3.8) is 0 Å². The second-order valence-electron chi connectivity index (χ2n) is 5.43. The highest BCUT2D eigenvalue weighted by molar-refractivity contribution is 5.79. The lowest BCUT2D eigenvalue weighted by molar-refractivity contribution is -0.135. The molecule has 1 unspecified atom stereocenters. The quantitative estimate of drug-likeness (QED) is 0.719. The van der Waals surface area contributed by atoms with Gasteiger partial charge in [0, 0.05) is 39.1 Å². The first-order valence-corrected chi connectivity index (χ1v) is 7.05. The molecule has 1 aliphatic heterocycles. The molecule has 108 valence electrons. The van der Waals surface area contributed by atoms with Crippen LogP contribution < -0.4 is 0 Å². The molecule has 0 aromatic rings. The molecule has 1 N–H and O–H groups in total. The molecule has 5 heteroatoms. The number of aliphatic hydroxyl groups excluding tert-OH is 1. The highest BCUT2D eigenvalue weighted by atomic mass is 16.5. The fourth-order valence-electron chi connectivity index (χ4n) is 2.68. The number of amides is 1. The van der Waals surface area contributed by atoms with Gasteiger partial charge in [-0.05, 0) is 12.8 Å². The van der Waals surface area contributed by atoms with Crippen molar-refractivity contribution >= 4 is 5.91 Å². The summed E-state index contributed by atoms with van der Waals surface area (Å²) < 4.78 is 5.27. The van der Waals surface area contributed by atoms with E-state index in [2.05, 4.69) is 17.1 Å². The van der Waals surface area contributed by atoms with Crippen molar-refractivity contribution in [2.24, 2.45) is 5.92 Å². The number of aliphatic hydroxyl groups is 1. The van der Waals surface area contributed by atoms with Crippen LogP contribution in [0.4, 0.5) is 0 Å². The van der Waals surface area contributed by atoms with Crippen LogP contribution in [-0.4, -0.2) is 73.4 Å². The first kappa shape index (κ1) is 14.5. The van der Waals surface area contributed by atoms with E-state index < -0.39 is 6.10 Å². The van der Waals surface area contributed by atoms with Gasteiger partial charge in [0.2, 0.25) is 5.91 Å². The zero-order chi connectivity index (χ0) is 13.7. The van der Waals surface area contributed by atoms with Gasteiger partial charge in [-0.2, -0.15) is 0 Å². The molecule has 1 atom stereocenters. The number of carbonyl (C=O) groups is 1. The minimum atomic E-state index is -0.485. The van der Waals surface area contributed by atoms with E-state index in [0.29, 0.717) is 13.1 Å². The topological polar surface area (TPSA) is 53.0 Å². The lowest BCUT2D eigenvalue weighted by atomic mass is 10.1. The van der Waals surface area contributed by atoms with Gasteiger partial charge >= 0.3 is 0 Å². The van der Waals surface area contributed by atoms with E-state index in [4.69, 9.17) is 4.74 Å². The molecule has 0 aromatic carbocycles. The van der Waals surface area contributed by atoms with Crippen molar-refractivity contribution < 1.29 is 14.6 Å². The van der Waals surface area contributed by atoms with Gasteiger partial charge in [0.1, 0.15) is 0 Å². The number of morpholine rings is 1. The molecular weight excluding hydrogens is 244 g/mol. The summed E-state index contributed by atoms with van der Waals surface area (Å²) in [6, 6.07) is 0. The number of hydrogen-bond donors (Lipinski definition) is 1. The Kier molecular flexibility index (Phi) is 5.36. The third kappa shape index (κ3) is 4.30. The number of rotatable bonds is 5. The third-order valence-corrected chi connectivity index (χ3v) is 3.79. The third-order valence-electron chi connectivity index (χ3n) is 3.79. The predicted molar refractivity (Wildman–Crippen MR) is 72.8 cm³/mol. The first-order chi connectivity index (χ1) is 9.16. The maximum absolute atomic E-state index is 12.1. The molecule has 1 amide bonds. The van der Waals surface area contributed by atoms with E-state index in [1.165, 1.54) is 0 Å². The molecule has 0 aromatic heterocycles. The van der Waals surface area contributed by atoms with Crippen LogP contribution in [0.25, 0.3) is 0 Å². The number of likely N-dealkylation sites (N-methyl/N-ethyl adjacent to an activating group) is 1. The zero-order valence-electron chi connectivity index (χ0n) is 11.6. The summed E-state index contributed by atoms with van der Waals surface area (Å²) in [6.45, 7) is 4.21. The highest BCUT2D eigenvalue weighted by Crippen LogP contribution is 2.19. The van der Waals surface area contributed by atoms with Crippen LogP contribution in [-0.2, 0) is 9.53 Å². The number of hydrogen-bond acceptors (Lipinski definition) is 4. The average molecular weight is 268 g/mol. The Balaban J connectivity index is 1.71. The molecule has 19 heavy (non-hydrogen) atoms. The van der Waals surface area contributed by atoms with E-state index >= 15 is 0 Å². The Bertz CT molecular complexity index is 319. The van der Waals surface area contributed by atoms with Crippen molar-refractivity contribution in [3.05, 3.63) is 12.2 Å². The predicted octanol–water partition coefficient (Wildman–Crippen LogP) is 0.104. The van der Waals surface area contributed by atoms with Gasteiger partial charge in [0.05, 0.1) is 19.3 Å². The normalized spacial score (nSPS) is 22.6. The first-order valence-electron chi connectivity index (χ1n) is 7.05. The zero-order valence-corrected chi connectivity index (χ0v) is 11.6. The summed E-state index contributed by atoms with van der Waals surface area (Å²) in [5.74, 6) is 0.228. The van der Waals surface area contributed by atoms with E-state index in [1.54, 1.807) is 11.9 Å². The van der Waals surface area contributed by atoms with Gasteiger partial charge in [-0.1, -0.05) is 12.2 Å². The summed E-state index contributed by atoms with van der Waals surface area (Å²) >= 11 is 0. The lowest BCUT2D eigenvalue weighted by Crippen LogP contribution is -2.45. The van der Waals surface area contributed by atoms with E-state index in [1.807, 2.05) is 0 Å². The fourth-order valence-corrected chi connectivity index (χ4v) is 2.68. The van der Waals surface area contributed by atoms with Gasteiger partial charge in [-0.3, -0.25) is 9.69 Å². The highest BCUT2D eigenvalue weighted by Gasteiger charge is 2.24. The molecular formula is C14H24N2O3. The van der Waals surface area contributed by atoms with E-state index in [9.17, 15) is 9.90 Å². The molecule has 2 aliphatic rings. The van der Waals surface area contributed by atoms with Crippen molar-refractivity contribution in [2.75, 3.05) is 46.4 Å². The Morgan fingerprint density at radius 1 is 1.42 bits per heavy atom. The molecule has 2 rings (SSSR count). The average Bonchev–Trinajstić information content (AvgIpc) is 2.92. The largest absolute Gasteiger partial charge is 0.390 e. The van der Waals surface area contributed by atoms with Crippen LogP contribution in [0.2, 0.25) is 0 Å². The number of β-amino-alcohol motifs (C(OH)–C–C–N with tert-alkyl or cyclic N) is 1. The van der Waals surface area contributed by atoms with Crippen molar-refractivity contribution in [1.82, 2.24) is 9.80 Å². The summed E-state index contributed by atoms with van der Waals surface area (Å²) in [7, 11) is 1.78. The number of nitrogens with zero attached hydrogens (tertiary/aromatic N) is 2. The monoisotopic (exact) mass is 268 g/mol. The van der Waals surface area contributed by atoms with Gasteiger partial charge < -0.3 is 14.7 Å². The standard InChI is InChI=1S/C14H24N2O3/c1-15(14(18)12-4-2-3-5-12)10-13(17)11-16-6-8-19-9-7-16/h2-3,12-13,17H,4-11H2,1H3. The van der Waals surface area contributed by atoms with E-state index in [-0.39, 0.29) is 11.8 Å². The van der Waals surface area contributed by atoms with Gasteiger partial charge in [0.15, 0.2) is 0 Å². The van der Waals surface area contributed by atoms with Crippen LogP contribution in [0.1, 0.15) is 12.8 Å². The molecule has 5 nitrogen and oxygen atoms in total. The summed E-state index contributed by atoms with van der Waals surface area (Å²) in [6.07, 6.45) is 5.30. The van der Waals surface area contributed by atoms with E-state index in [0.717, 1.165) is 39.1 Å². The second kappa shape index (κ2) is 7.03.